The summed E-state index contributed by atoms with van der Waals surface area (Å²) in [5.41, 5.74) is 0.713. The topological polar surface area (TPSA) is 38.3 Å². The largest absolute Gasteiger partial charge is 0.484 e. The Kier molecular flexibility index (Phi) is 4.99. The van der Waals surface area contributed by atoms with Crippen molar-refractivity contribution in [2.24, 2.45) is 0 Å². The van der Waals surface area contributed by atoms with Crippen LogP contribution in [0.5, 0.6) is 5.75 Å². The lowest BCUT2D eigenvalue weighted by molar-refractivity contribution is -0.118. The highest BCUT2D eigenvalue weighted by Crippen LogP contribution is 2.26. The zero-order valence-corrected chi connectivity index (χ0v) is 13.1. The minimum absolute atomic E-state index is 0.0213. The first kappa shape index (κ1) is 14.1. The number of amides is 1. The lowest BCUT2D eigenvalue weighted by Gasteiger charge is -2.09. The standard InChI is InChI=1S/C14H11Br2NO2/c15-10-6-7-13(12(16)8-10)17-14(18)9-19-11-4-2-1-3-5-11/h1-8H,9H2,(H,17,18). The Morgan fingerprint density at radius 2 is 1.84 bits per heavy atom. The van der Waals surface area contributed by atoms with Gasteiger partial charge in [0.2, 0.25) is 0 Å². The molecular formula is C14H11Br2NO2. The second-order valence-electron chi connectivity index (χ2n) is 3.77. The monoisotopic (exact) mass is 383 g/mol. The molecule has 0 unspecified atom stereocenters. The van der Waals surface area contributed by atoms with E-state index in [0.717, 1.165) is 8.95 Å². The molecule has 0 heterocycles. The van der Waals surface area contributed by atoms with Crippen LogP contribution in [-0.2, 0) is 4.79 Å². The molecule has 2 aromatic rings. The molecule has 0 aliphatic rings. The lowest BCUT2D eigenvalue weighted by atomic mass is 10.3. The second-order valence-corrected chi connectivity index (χ2v) is 5.54. The van der Waals surface area contributed by atoms with E-state index in [4.69, 9.17) is 4.74 Å². The van der Waals surface area contributed by atoms with Crippen molar-refractivity contribution in [1.29, 1.82) is 0 Å². The number of para-hydroxylation sites is 1. The molecule has 0 radical (unpaired) electrons. The number of rotatable bonds is 4. The predicted octanol–water partition coefficient (Wildman–Crippen LogP) is 4.23. The van der Waals surface area contributed by atoms with Gasteiger partial charge in [-0.3, -0.25) is 4.79 Å². The van der Waals surface area contributed by atoms with Crippen molar-refractivity contribution in [2.75, 3.05) is 11.9 Å². The van der Waals surface area contributed by atoms with Gasteiger partial charge in [0.1, 0.15) is 5.75 Å². The molecule has 2 rings (SSSR count). The van der Waals surface area contributed by atoms with Crippen molar-refractivity contribution < 1.29 is 9.53 Å². The van der Waals surface area contributed by atoms with Crippen LogP contribution < -0.4 is 10.1 Å². The van der Waals surface area contributed by atoms with E-state index in [0.29, 0.717) is 11.4 Å². The van der Waals surface area contributed by atoms with Crippen LogP contribution in [0.4, 0.5) is 5.69 Å². The summed E-state index contributed by atoms with van der Waals surface area (Å²) in [5.74, 6) is 0.472. The number of carbonyl (C=O) groups is 1. The molecule has 0 saturated heterocycles. The summed E-state index contributed by atoms with van der Waals surface area (Å²) in [6, 6.07) is 14.8. The number of ether oxygens (including phenoxy) is 1. The van der Waals surface area contributed by atoms with Crippen LogP contribution in [0.1, 0.15) is 0 Å². The highest BCUT2D eigenvalue weighted by Gasteiger charge is 2.06. The smallest absolute Gasteiger partial charge is 0.262 e. The van der Waals surface area contributed by atoms with Gasteiger partial charge in [-0.15, -0.1) is 0 Å². The third-order valence-electron chi connectivity index (χ3n) is 2.32. The summed E-state index contributed by atoms with van der Waals surface area (Å²) in [7, 11) is 0. The van der Waals surface area contributed by atoms with Crippen LogP contribution in [0, 0.1) is 0 Å². The molecular weight excluding hydrogens is 374 g/mol. The molecule has 0 aromatic heterocycles. The Hall–Kier alpha value is -1.33. The van der Waals surface area contributed by atoms with Crippen molar-refractivity contribution in [3.63, 3.8) is 0 Å². The van der Waals surface area contributed by atoms with E-state index in [9.17, 15) is 4.79 Å². The molecule has 1 N–H and O–H groups in total. The number of anilines is 1. The summed E-state index contributed by atoms with van der Waals surface area (Å²) in [5, 5.41) is 2.78. The fourth-order valence-electron chi connectivity index (χ4n) is 1.44. The van der Waals surface area contributed by atoms with Crippen LogP contribution in [0.15, 0.2) is 57.5 Å². The van der Waals surface area contributed by atoms with Crippen molar-refractivity contribution in [3.8, 4) is 5.75 Å². The van der Waals surface area contributed by atoms with Gasteiger partial charge >= 0.3 is 0 Å². The van der Waals surface area contributed by atoms with E-state index in [-0.39, 0.29) is 12.5 Å². The Balaban J connectivity index is 1.91. The maximum absolute atomic E-state index is 11.8. The summed E-state index contributed by atoms with van der Waals surface area (Å²) >= 11 is 6.74. The molecule has 1 amide bonds. The molecule has 0 spiro atoms. The first-order chi connectivity index (χ1) is 9.15. The third kappa shape index (κ3) is 4.36. The first-order valence-corrected chi connectivity index (χ1v) is 7.16. The molecule has 0 saturated carbocycles. The molecule has 0 fully saturated rings. The fraction of sp³-hybridized carbons (Fsp3) is 0.0714. The minimum atomic E-state index is -0.202. The maximum atomic E-state index is 11.8. The summed E-state index contributed by atoms with van der Waals surface area (Å²) in [4.78, 5) is 11.8. The van der Waals surface area contributed by atoms with Gasteiger partial charge in [0.15, 0.2) is 6.61 Å². The van der Waals surface area contributed by atoms with Gasteiger partial charge < -0.3 is 10.1 Å². The first-order valence-electron chi connectivity index (χ1n) is 5.58. The van der Waals surface area contributed by atoms with Crippen molar-refractivity contribution >= 4 is 43.5 Å². The number of nitrogens with one attached hydrogen (secondary N) is 1. The van der Waals surface area contributed by atoms with Gasteiger partial charge in [0, 0.05) is 8.95 Å². The Morgan fingerprint density at radius 1 is 1.11 bits per heavy atom. The fourth-order valence-corrected chi connectivity index (χ4v) is 2.59. The highest BCUT2D eigenvalue weighted by atomic mass is 79.9. The minimum Gasteiger partial charge on any atom is -0.484 e. The SMILES string of the molecule is O=C(COc1ccccc1)Nc1ccc(Br)cc1Br. The van der Waals surface area contributed by atoms with Crippen LogP contribution >= 0.6 is 31.9 Å². The van der Waals surface area contributed by atoms with Gasteiger partial charge in [-0.05, 0) is 46.3 Å². The Bertz CT molecular complexity index is 573. The maximum Gasteiger partial charge on any atom is 0.262 e. The van der Waals surface area contributed by atoms with Crippen molar-refractivity contribution in [3.05, 3.63) is 57.5 Å². The number of hydrogen-bond acceptors (Lipinski definition) is 2. The highest BCUT2D eigenvalue weighted by molar-refractivity contribution is 9.11. The van der Waals surface area contributed by atoms with Crippen molar-refractivity contribution in [1.82, 2.24) is 0 Å². The molecule has 0 aliphatic heterocycles. The van der Waals surface area contributed by atoms with Crippen LogP contribution in [-0.4, -0.2) is 12.5 Å². The zero-order chi connectivity index (χ0) is 13.7. The Morgan fingerprint density at radius 3 is 2.53 bits per heavy atom. The molecule has 5 heteroatoms. The van der Waals surface area contributed by atoms with E-state index in [1.807, 2.05) is 48.5 Å². The zero-order valence-electron chi connectivity index (χ0n) is 9.90. The number of carbonyl (C=O) groups excluding carboxylic acids is 1. The van der Waals surface area contributed by atoms with Crippen molar-refractivity contribution in [2.45, 2.75) is 0 Å². The molecule has 98 valence electrons. The van der Waals surface area contributed by atoms with E-state index < -0.39 is 0 Å². The predicted molar refractivity (Wildman–Crippen MR) is 82.4 cm³/mol. The average molecular weight is 385 g/mol. The molecule has 19 heavy (non-hydrogen) atoms. The van der Waals surface area contributed by atoms with Crippen LogP contribution in [0.2, 0.25) is 0 Å². The van der Waals surface area contributed by atoms with E-state index in [1.54, 1.807) is 0 Å². The quantitative estimate of drug-likeness (QED) is 0.856. The molecule has 0 atom stereocenters. The molecule has 2 aromatic carbocycles. The number of halogens is 2. The Labute approximate surface area is 128 Å². The van der Waals surface area contributed by atoms with Crippen LogP contribution in [0.3, 0.4) is 0 Å². The number of hydrogen-bond donors (Lipinski definition) is 1. The average Bonchev–Trinajstić information content (AvgIpc) is 2.41. The van der Waals surface area contributed by atoms with Gasteiger partial charge in [0.25, 0.3) is 5.91 Å². The molecule has 0 aliphatic carbocycles. The normalized spacial score (nSPS) is 10.0. The summed E-state index contributed by atoms with van der Waals surface area (Å²) in [6.07, 6.45) is 0. The molecule has 3 nitrogen and oxygen atoms in total. The molecule has 0 bridgehead atoms. The third-order valence-corrected chi connectivity index (χ3v) is 3.47. The van der Waals surface area contributed by atoms with Gasteiger partial charge in [-0.2, -0.15) is 0 Å². The van der Waals surface area contributed by atoms with Crippen LogP contribution in [0.25, 0.3) is 0 Å². The number of benzene rings is 2. The summed E-state index contributed by atoms with van der Waals surface area (Å²) in [6.45, 7) is -0.0213. The van der Waals surface area contributed by atoms with E-state index >= 15 is 0 Å². The lowest BCUT2D eigenvalue weighted by Crippen LogP contribution is -2.20. The van der Waals surface area contributed by atoms with Gasteiger partial charge in [0.05, 0.1) is 5.69 Å². The van der Waals surface area contributed by atoms with Gasteiger partial charge in [-0.1, -0.05) is 34.1 Å². The van der Waals surface area contributed by atoms with Gasteiger partial charge in [-0.25, -0.2) is 0 Å². The second kappa shape index (κ2) is 6.73. The summed E-state index contributed by atoms with van der Waals surface area (Å²) < 4.78 is 7.12. The van der Waals surface area contributed by atoms with E-state index in [1.165, 1.54) is 0 Å². The van der Waals surface area contributed by atoms with E-state index in [2.05, 4.69) is 37.2 Å².